The average Bonchev–Trinajstić information content (AvgIpc) is 3.39. The number of halogens is 3. The van der Waals surface area contributed by atoms with Crippen molar-refractivity contribution in [2.45, 2.75) is 50.6 Å². The van der Waals surface area contributed by atoms with Crippen molar-refractivity contribution < 1.29 is 23.5 Å². The number of primary amides is 1. The van der Waals surface area contributed by atoms with E-state index in [1.165, 1.54) is 31.4 Å². The van der Waals surface area contributed by atoms with Crippen LogP contribution in [0.3, 0.4) is 0 Å². The fourth-order valence-electron chi connectivity index (χ4n) is 6.31. The molecule has 4 atom stereocenters. The summed E-state index contributed by atoms with van der Waals surface area (Å²) in [4.78, 5) is 40.1. The number of nitrogens with two attached hydrogens (primary N) is 1. The Bertz CT molecular complexity index is 1610. The number of benzene rings is 3. The highest BCUT2D eigenvalue weighted by Gasteiger charge is 2.66. The van der Waals surface area contributed by atoms with Gasteiger partial charge >= 0.3 is 0 Å². The van der Waals surface area contributed by atoms with Crippen LogP contribution in [-0.4, -0.2) is 36.9 Å². The van der Waals surface area contributed by atoms with Crippen LogP contribution in [0, 0.1) is 11.2 Å². The summed E-state index contributed by atoms with van der Waals surface area (Å²) in [7, 11) is 1.40. The van der Waals surface area contributed by atoms with E-state index in [1.807, 2.05) is 20.8 Å². The quantitative estimate of drug-likeness (QED) is 0.287. The normalized spacial score (nSPS) is 23.0. The number of ether oxygens (including phenoxy) is 1. The van der Waals surface area contributed by atoms with Crippen LogP contribution in [-0.2, 0) is 15.0 Å². The summed E-state index contributed by atoms with van der Waals surface area (Å²) in [5.74, 6) is -3.07. The van der Waals surface area contributed by atoms with Crippen molar-refractivity contribution in [1.29, 1.82) is 0 Å². The van der Waals surface area contributed by atoms with Crippen molar-refractivity contribution in [3.05, 3.63) is 87.2 Å². The number of carbonyl (C=O) groups is 3. The topological polar surface area (TPSA) is 123 Å². The second kappa shape index (κ2) is 10.9. The molecule has 2 heterocycles. The van der Waals surface area contributed by atoms with Gasteiger partial charge in [-0.3, -0.25) is 14.4 Å². The minimum atomic E-state index is -1.39. The van der Waals surface area contributed by atoms with Gasteiger partial charge in [0.1, 0.15) is 17.0 Å². The Hall–Kier alpha value is -3.66. The molecule has 1 spiro atoms. The molecule has 3 aromatic carbocycles. The van der Waals surface area contributed by atoms with E-state index in [0.29, 0.717) is 22.7 Å². The van der Waals surface area contributed by atoms with Crippen molar-refractivity contribution in [2.24, 2.45) is 11.1 Å². The van der Waals surface area contributed by atoms with Gasteiger partial charge in [0.15, 0.2) is 0 Å². The molecule has 3 aromatic rings. The lowest BCUT2D eigenvalue weighted by molar-refractivity contribution is -0.122. The Labute approximate surface area is 253 Å². The lowest BCUT2D eigenvalue weighted by atomic mass is 9.62. The zero-order valence-electron chi connectivity index (χ0n) is 23.5. The van der Waals surface area contributed by atoms with Gasteiger partial charge in [-0.1, -0.05) is 62.2 Å². The van der Waals surface area contributed by atoms with E-state index in [-0.39, 0.29) is 38.9 Å². The third-order valence-corrected chi connectivity index (χ3v) is 8.49. The summed E-state index contributed by atoms with van der Waals surface area (Å²) < 4.78 is 21.3. The number of rotatable bonds is 6. The molecule has 0 radical (unpaired) electrons. The lowest BCUT2D eigenvalue weighted by Crippen LogP contribution is -2.49. The number of hydrogen-bond acceptors (Lipinski definition) is 5. The van der Waals surface area contributed by atoms with E-state index in [9.17, 15) is 14.4 Å². The summed E-state index contributed by atoms with van der Waals surface area (Å²) in [6.45, 7) is 6.10. The zero-order valence-corrected chi connectivity index (χ0v) is 25.0. The van der Waals surface area contributed by atoms with E-state index in [4.69, 9.17) is 33.7 Å². The van der Waals surface area contributed by atoms with Gasteiger partial charge in [0.2, 0.25) is 17.7 Å². The van der Waals surface area contributed by atoms with Crippen molar-refractivity contribution >= 4 is 52.3 Å². The third-order valence-electron chi connectivity index (χ3n) is 7.96. The molecule has 42 heavy (non-hydrogen) atoms. The molecule has 0 saturated carbocycles. The molecule has 3 unspecified atom stereocenters. The first kappa shape index (κ1) is 29.8. The molecule has 8 nitrogen and oxygen atoms in total. The molecule has 11 heteroatoms. The number of fused-ring (bicyclic) bond motifs is 2. The van der Waals surface area contributed by atoms with Gasteiger partial charge in [0.25, 0.3) is 0 Å². The van der Waals surface area contributed by atoms with Gasteiger partial charge in [-0.2, -0.15) is 0 Å². The van der Waals surface area contributed by atoms with Gasteiger partial charge in [-0.15, -0.1) is 0 Å². The molecule has 0 aromatic heterocycles. The summed E-state index contributed by atoms with van der Waals surface area (Å²) in [5, 5.41) is 9.52. The Kier molecular flexibility index (Phi) is 7.72. The fourth-order valence-corrected chi connectivity index (χ4v) is 6.66. The maximum absolute atomic E-state index is 15.9. The second-order valence-corrected chi connectivity index (χ2v) is 12.7. The molecular weight excluding hydrogens is 582 g/mol. The van der Waals surface area contributed by atoms with Crippen LogP contribution in [0.4, 0.5) is 15.8 Å². The average molecular weight is 614 g/mol. The highest BCUT2D eigenvalue weighted by Crippen LogP contribution is 2.57. The van der Waals surface area contributed by atoms with Crippen LogP contribution in [0.25, 0.3) is 0 Å². The summed E-state index contributed by atoms with van der Waals surface area (Å²) >= 11 is 12.5. The number of carbonyl (C=O) groups excluding carboxylic acids is 3. The third kappa shape index (κ3) is 4.99. The SMILES string of the molecule is COc1cc(C(N)=O)ccc1NC(=O)C1NC(CC(C)(C)C)[C@@]2(C(=O)Nc3cc(Cl)ccc32)C1c1cccc(Cl)c1F. The highest BCUT2D eigenvalue weighted by molar-refractivity contribution is 6.31. The van der Waals surface area contributed by atoms with Crippen molar-refractivity contribution in [3.63, 3.8) is 0 Å². The smallest absolute Gasteiger partial charge is 0.248 e. The summed E-state index contributed by atoms with van der Waals surface area (Å²) in [6.07, 6.45) is 0.474. The molecule has 0 bridgehead atoms. The molecule has 2 aliphatic heterocycles. The van der Waals surface area contributed by atoms with Gasteiger partial charge in [0, 0.05) is 28.2 Å². The zero-order chi connectivity index (χ0) is 30.6. The predicted octanol–water partition coefficient (Wildman–Crippen LogP) is 5.63. The Morgan fingerprint density at radius 2 is 1.86 bits per heavy atom. The van der Waals surface area contributed by atoms with E-state index >= 15 is 4.39 Å². The highest BCUT2D eigenvalue weighted by atomic mass is 35.5. The van der Waals surface area contributed by atoms with E-state index < -0.39 is 41.0 Å². The van der Waals surface area contributed by atoms with Crippen LogP contribution in [0.15, 0.2) is 54.6 Å². The Morgan fingerprint density at radius 3 is 2.52 bits per heavy atom. The van der Waals surface area contributed by atoms with Crippen molar-refractivity contribution in [2.75, 3.05) is 17.7 Å². The molecular formula is C31H31Cl2FN4O4. The molecule has 3 amide bonds. The molecule has 220 valence electrons. The maximum Gasteiger partial charge on any atom is 0.248 e. The van der Waals surface area contributed by atoms with E-state index in [0.717, 1.165) is 0 Å². The fraction of sp³-hybridized carbons (Fsp3) is 0.323. The molecule has 0 aliphatic carbocycles. The predicted molar refractivity (Wildman–Crippen MR) is 161 cm³/mol. The molecule has 5 N–H and O–H groups in total. The van der Waals surface area contributed by atoms with Crippen molar-refractivity contribution in [1.82, 2.24) is 5.32 Å². The van der Waals surface area contributed by atoms with E-state index in [1.54, 1.807) is 30.3 Å². The summed E-state index contributed by atoms with van der Waals surface area (Å²) in [6, 6.07) is 12.4. The van der Waals surface area contributed by atoms with Crippen LogP contribution in [0.5, 0.6) is 5.75 Å². The van der Waals surface area contributed by atoms with Crippen LogP contribution < -0.4 is 26.4 Å². The number of hydrogen-bond donors (Lipinski definition) is 4. The first-order valence-corrected chi connectivity index (χ1v) is 14.1. The first-order chi connectivity index (χ1) is 19.8. The maximum atomic E-state index is 15.9. The van der Waals surface area contributed by atoms with Gasteiger partial charge < -0.3 is 26.4 Å². The molecule has 1 fully saturated rings. The number of nitrogens with one attached hydrogen (secondary N) is 3. The Morgan fingerprint density at radius 1 is 1.12 bits per heavy atom. The Balaban J connectivity index is 1.70. The standard InChI is InChI=1S/C31H31Cl2FN4O4/c1-30(2,3)14-23-31(18-10-9-16(32)13-21(18)37-29(31)41)24(17-6-5-7-19(33)25(17)34)26(38-23)28(40)36-20-11-8-15(27(35)39)12-22(20)42-4/h5-13,23-24,26,38H,14H2,1-4H3,(H2,35,39)(H,36,40)(H,37,41)/t23?,24?,26?,31-/m1/s1. The van der Waals surface area contributed by atoms with E-state index in [2.05, 4.69) is 16.0 Å². The monoisotopic (exact) mass is 612 g/mol. The summed E-state index contributed by atoms with van der Waals surface area (Å²) in [5.41, 5.74) is 5.45. The minimum absolute atomic E-state index is 0.125. The first-order valence-electron chi connectivity index (χ1n) is 13.4. The lowest BCUT2D eigenvalue weighted by Gasteiger charge is -2.37. The van der Waals surface area contributed by atoms with Gasteiger partial charge in [-0.25, -0.2) is 4.39 Å². The number of anilines is 2. The molecule has 5 rings (SSSR count). The molecule has 2 aliphatic rings. The minimum Gasteiger partial charge on any atom is -0.495 e. The second-order valence-electron chi connectivity index (χ2n) is 11.9. The number of methoxy groups -OCH3 is 1. The van der Waals surface area contributed by atoms with Crippen LogP contribution in [0.1, 0.15) is 54.6 Å². The number of amides is 3. The molecule has 1 saturated heterocycles. The van der Waals surface area contributed by atoms with Crippen molar-refractivity contribution in [3.8, 4) is 5.75 Å². The van der Waals surface area contributed by atoms with Gasteiger partial charge in [-0.05, 0) is 59.4 Å². The van der Waals surface area contributed by atoms with Crippen LogP contribution >= 0.6 is 23.2 Å². The van der Waals surface area contributed by atoms with Crippen LogP contribution in [0.2, 0.25) is 10.0 Å². The largest absolute Gasteiger partial charge is 0.495 e. The van der Waals surface area contributed by atoms with Gasteiger partial charge in [0.05, 0.1) is 23.9 Å².